The molecule has 3 aromatic carbocycles. The van der Waals surface area contributed by atoms with E-state index >= 15 is 0 Å². The minimum atomic E-state index is -0.359. The zero-order valence-electron chi connectivity index (χ0n) is 14.2. The van der Waals surface area contributed by atoms with Gasteiger partial charge in [0, 0.05) is 16.0 Å². The molecule has 0 spiro atoms. The van der Waals surface area contributed by atoms with Gasteiger partial charge in [0.05, 0.1) is 19.1 Å². The van der Waals surface area contributed by atoms with Crippen molar-refractivity contribution in [1.82, 2.24) is 0 Å². The van der Waals surface area contributed by atoms with Crippen molar-refractivity contribution in [3.63, 3.8) is 0 Å². The Morgan fingerprint density at radius 1 is 0.731 bits per heavy atom. The summed E-state index contributed by atoms with van der Waals surface area (Å²) in [5.74, 6) is 0.287. The summed E-state index contributed by atoms with van der Waals surface area (Å²) in [5, 5.41) is 11.3. The number of ether oxygens (including phenoxy) is 1. The van der Waals surface area contributed by atoms with Crippen molar-refractivity contribution >= 4 is 23.2 Å². The van der Waals surface area contributed by atoms with Crippen LogP contribution in [0.2, 0.25) is 10.0 Å². The summed E-state index contributed by atoms with van der Waals surface area (Å²) in [6.45, 7) is 0. The highest BCUT2D eigenvalue weighted by Gasteiger charge is 2.26. The lowest BCUT2D eigenvalue weighted by molar-refractivity contribution is 0.414. The van der Waals surface area contributed by atoms with Gasteiger partial charge in [-0.1, -0.05) is 59.6 Å². The van der Waals surface area contributed by atoms with E-state index in [2.05, 4.69) is 6.07 Å². The Kier molecular flexibility index (Phi) is 5.83. The molecule has 0 bridgehead atoms. The highest BCUT2D eigenvalue weighted by molar-refractivity contribution is 6.30. The van der Waals surface area contributed by atoms with Crippen LogP contribution in [0.15, 0.2) is 72.8 Å². The number of hydrogen-bond donors (Lipinski definition) is 0. The molecule has 3 aromatic rings. The summed E-state index contributed by atoms with van der Waals surface area (Å²) in [7, 11) is 1.64. The van der Waals surface area contributed by atoms with E-state index < -0.39 is 0 Å². The highest BCUT2D eigenvalue weighted by Crippen LogP contribution is 2.39. The standard InChI is InChI=1S/C22H17Cl2NO/c1-26-20-12-6-17(7-13-20)22(16-4-10-19(24)11-5-16)21(14-25)15-2-8-18(23)9-3-15/h2-13,21-22H,1H3/t21-,22+/m0/s1. The number of methoxy groups -OCH3 is 1. The van der Waals surface area contributed by atoms with Gasteiger partial charge in [0.1, 0.15) is 5.75 Å². The Morgan fingerprint density at radius 2 is 1.15 bits per heavy atom. The fourth-order valence-corrected chi connectivity index (χ4v) is 3.32. The van der Waals surface area contributed by atoms with Crippen LogP contribution in [0.3, 0.4) is 0 Å². The molecule has 0 amide bonds. The van der Waals surface area contributed by atoms with Gasteiger partial charge in [-0.25, -0.2) is 0 Å². The van der Waals surface area contributed by atoms with E-state index in [9.17, 15) is 5.26 Å². The molecule has 0 aromatic heterocycles. The van der Waals surface area contributed by atoms with Gasteiger partial charge in [0.25, 0.3) is 0 Å². The average molecular weight is 382 g/mol. The SMILES string of the molecule is COc1ccc([C@@H](c2ccc(Cl)cc2)[C@@H](C#N)c2ccc(Cl)cc2)cc1. The third-order valence-electron chi connectivity index (χ3n) is 4.41. The van der Waals surface area contributed by atoms with Crippen molar-refractivity contribution in [2.24, 2.45) is 0 Å². The third-order valence-corrected chi connectivity index (χ3v) is 4.91. The van der Waals surface area contributed by atoms with Crippen molar-refractivity contribution in [2.75, 3.05) is 7.11 Å². The number of benzene rings is 3. The summed E-state index contributed by atoms with van der Waals surface area (Å²) in [4.78, 5) is 0. The predicted octanol–water partition coefficient (Wildman–Crippen LogP) is 6.44. The first-order valence-electron chi connectivity index (χ1n) is 8.17. The van der Waals surface area contributed by atoms with Gasteiger partial charge in [-0.05, 0) is 53.1 Å². The topological polar surface area (TPSA) is 33.0 Å². The number of halogens is 2. The summed E-state index contributed by atoms with van der Waals surface area (Å²) in [6, 6.07) is 25.4. The van der Waals surface area contributed by atoms with Crippen LogP contribution in [0.5, 0.6) is 5.75 Å². The largest absolute Gasteiger partial charge is 0.497 e. The smallest absolute Gasteiger partial charge is 0.118 e. The molecular formula is C22H17Cl2NO. The predicted molar refractivity (Wildman–Crippen MR) is 106 cm³/mol. The second-order valence-corrected chi connectivity index (χ2v) is 6.83. The number of nitriles is 1. The molecular weight excluding hydrogens is 365 g/mol. The van der Waals surface area contributed by atoms with E-state index in [0.29, 0.717) is 10.0 Å². The molecule has 0 heterocycles. The molecule has 0 saturated heterocycles. The van der Waals surface area contributed by atoms with Gasteiger partial charge in [0.2, 0.25) is 0 Å². The second-order valence-electron chi connectivity index (χ2n) is 5.96. The van der Waals surface area contributed by atoms with Gasteiger partial charge >= 0.3 is 0 Å². The Labute approximate surface area is 163 Å². The summed E-state index contributed by atoms with van der Waals surface area (Å²) in [6.07, 6.45) is 0. The summed E-state index contributed by atoms with van der Waals surface area (Å²) in [5.41, 5.74) is 2.99. The van der Waals surface area contributed by atoms with Crippen LogP contribution in [0, 0.1) is 11.3 Å². The first-order valence-corrected chi connectivity index (χ1v) is 8.92. The lowest BCUT2D eigenvalue weighted by atomic mass is 9.78. The van der Waals surface area contributed by atoms with Crippen molar-refractivity contribution in [3.8, 4) is 11.8 Å². The Bertz CT molecular complexity index is 897. The molecule has 2 nitrogen and oxygen atoms in total. The van der Waals surface area contributed by atoms with Crippen molar-refractivity contribution in [1.29, 1.82) is 5.26 Å². The Balaban J connectivity index is 2.10. The van der Waals surface area contributed by atoms with Gasteiger partial charge in [0.15, 0.2) is 0 Å². The van der Waals surface area contributed by atoms with Crippen molar-refractivity contribution < 1.29 is 4.74 Å². The van der Waals surface area contributed by atoms with Crippen LogP contribution in [0.25, 0.3) is 0 Å². The minimum Gasteiger partial charge on any atom is -0.497 e. The van der Waals surface area contributed by atoms with Crippen LogP contribution in [0.4, 0.5) is 0 Å². The van der Waals surface area contributed by atoms with E-state index in [1.807, 2.05) is 72.8 Å². The zero-order valence-corrected chi connectivity index (χ0v) is 15.7. The van der Waals surface area contributed by atoms with Crippen LogP contribution >= 0.6 is 23.2 Å². The maximum atomic E-state index is 9.96. The molecule has 0 radical (unpaired) electrons. The number of nitrogens with zero attached hydrogens (tertiary/aromatic N) is 1. The third kappa shape index (κ3) is 4.02. The molecule has 3 rings (SSSR count). The molecule has 0 aliphatic rings. The van der Waals surface area contributed by atoms with E-state index in [0.717, 1.165) is 22.4 Å². The first-order chi connectivity index (χ1) is 12.6. The normalized spacial score (nSPS) is 12.8. The quantitative estimate of drug-likeness (QED) is 0.509. The van der Waals surface area contributed by atoms with Crippen molar-refractivity contribution in [3.05, 3.63) is 99.5 Å². The van der Waals surface area contributed by atoms with Gasteiger partial charge in [-0.2, -0.15) is 5.26 Å². The number of rotatable bonds is 5. The van der Waals surface area contributed by atoms with Crippen LogP contribution < -0.4 is 4.74 Å². The van der Waals surface area contributed by atoms with Gasteiger partial charge < -0.3 is 4.74 Å². The summed E-state index contributed by atoms with van der Waals surface area (Å²) < 4.78 is 5.26. The molecule has 0 N–H and O–H groups in total. The maximum Gasteiger partial charge on any atom is 0.118 e. The summed E-state index contributed by atoms with van der Waals surface area (Å²) >= 11 is 12.1. The molecule has 0 aliphatic heterocycles. The molecule has 4 heteroatoms. The van der Waals surface area contributed by atoms with Gasteiger partial charge in [-0.3, -0.25) is 0 Å². The number of hydrogen-bond acceptors (Lipinski definition) is 2. The minimum absolute atomic E-state index is 0.135. The molecule has 0 fully saturated rings. The van der Waals surface area contributed by atoms with E-state index in [1.165, 1.54) is 0 Å². The highest BCUT2D eigenvalue weighted by atomic mass is 35.5. The fraction of sp³-hybridized carbons (Fsp3) is 0.136. The zero-order chi connectivity index (χ0) is 18.5. The molecule has 0 saturated carbocycles. The molecule has 130 valence electrons. The van der Waals surface area contributed by atoms with Crippen molar-refractivity contribution in [2.45, 2.75) is 11.8 Å². The molecule has 2 atom stereocenters. The Morgan fingerprint density at radius 3 is 1.58 bits per heavy atom. The van der Waals surface area contributed by atoms with Gasteiger partial charge in [-0.15, -0.1) is 0 Å². The van der Waals surface area contributed by atoms with E-state index in [4.69, 9.17) is 27.9 Å². The Hall–Kier alpha value is -2.47. The van der Waals surface area contributed by atoms with E-state index in [1.54, 1.807) is 7.11 Å². The van der Waals surface area contributed by atoms with Crippen LogP contribution in [-0.4, -0.2) is 7.11 Å². The average Bonchev–Trinajstić information content (AvgIpc) is 2.68. The second kappa shape index (κ2) is 8.27. The fourth-order valence-electron chi connectivity index (χ4n) is 3.07. The lowest BCUT2D eigenvalue weighted by Gasteiger charge is -2.24. The molecule has 26 heavy (non-hydrogen) atoms. The van der Waals surface area contributed by atoms with E-state index in [-0.39, 0.29) is 11.8 Å². The monoisotopic (exact) mass is 381 g/mol. The van der Waals surface area contributed by atoms with Crippen LogP contribution in [-0.2, 0) is 0 Å². The maximum absolute atomic E-state index is 9.96. The lowest BCUT2D eigenvalue weighted by Crippen LogP contribution is -2.12. The molecule has 0 aliphatic carbocycles. The van der Waals surface area contributed by atoms with Crippen LogP contribution in [0.1, 0.15) is 28.5 Å². The molecule has 0 unspecified atom stereocenters. The first kappa shape index (κ1) is 18.3.